The Hall–Kier alpha value is -2.45. The van der Waals surface area contributed by atoms with Gasteiger partial charge in [-0.2, -0.15) is 4.31 Å². The van der Waals surface area contributed by atoms with Gasteiger partial charge in [0.1, 0.15) is 17.3 Å². The van der Waals surface area contributed by atoms with Crippen molar-refractivity contribution in [1.29, 1.82) is 0 Å². The van der Waals surface area contributed by atoms with Crippen LogP contribution in [-0.2, 0) is 21.2 Å². The largest absolute Gasteiger partial charge is 0.457 e. The van der Waals surface area contributed by atoms with Crippen molar-refractivity contribution in [3.63, 3.8) is 0 Å². The minimum Gasteiger partial charge on any atom is -0.457 e. The van der Waals surface area contributed by atoms with E-state index in [9.17, 15) is 17.6 Å². The Bertz CT molecular complexity index is 923. The normalized spacial score (nSPS) is 15.4. The lowest BCUT2D eigenvalue weighted by Gasteiger charge is -2.33. The molecule has 0 N–H and O–H groups in total. The molecule has 150 valence electrons. The van der Waals surface area contributed by atoms with Crippen molar-refractivity contribution in [1.82, 2.24) is 9.21 Å². The van der Waals surface area contributed by atoms with Gasteiger partial charge in [0, 0.05) is 32.6 Å². The van der Waals surface area contributed by atoms with Gasteiger partial charge in [0.05, 0.1) is 6.26 Å². The van der Waals surface area contributed by atoms with E-state index in [1.54, 1.807) is 23.1 Å². The maximum atomic E-state index is 13.0. The van der Waals surface area contributed by atoms with Gasteiger partial charge in [0.15, 0.2) is 0 Å². The second kappa shape index (κ2) is 8.70. The highest BCUT2D eigenvalue weighted by Gasteiger charge is 2.25. The molecule has 0 unspecified atom stereocenters. The highest BCUT2D eigenvalue weighted by molar-refractivity contribution is 7.88. The highest BCUT2D eigenvalue weighted by atomic mass is 32.2. The summed E-state index contributed by atoms with van der Waals surface area (Å²) in [6.45, 7) is 1.51. The van der Waals surface area contributed by atoms with Crippen LogP contribution in [0.5, 0.6) is 11.5 Å². The number of carbonyl (C=O) groups is 1. The molecule has 1 amide bonds. The van der Waals surface area contributed by atoms with Gasteiger partial charge >= 0.3 is 0 Å². The van der Waals surface area contributed by atoms with Crippen LogP contribution in [0.25, 0.3) is 0 Å². The molecule has 0 spiro atoms. The lowest BCUT2D eigenvalue weighted by atomic mass is 10.1. The van der Waals surface area contributed by atoms with E-state index in [1.165, 1.54) is 22.7 Å². The van der Waals surface area contributed by atoms with Gasteiger partial charge in [-0.05, 0) is 48.4 Å². The molecule has 0 atom stereocenters. The molecule has 8 heteroatoms. The molecule has 6 nitrogen and oxygen atoms in total. The van der Waals surface area contributed by atoms with Crippen LogP contribution >= 0.6 is 0 Å². The Labute approximate surface area is 164 Å². The van der Waals surface area contributed by atoms with E-state index in [2.05, 4.69) is 0 Å². The zero-order valence-electron chi connectivity index (χ0n) is 15.7. The van der Waals surface area contributed by atoms with Gasteiger partial charge in [-0.25, -0.2) is 12.8 Å². The summed E-state index contributed by atoms with van der Waals surface area (Å²) in [7, 11) is -3.20. The zero-order valence-corrected chi connectivity index (χ0v) is 16.5. The van der Waals surface area contributed by atoms with Crippen molar-refractivity contribution in [3.8, 4) is 11.5 Å². The van der Waals surface area contributed by atoms with Crippen LogP contribution < -0.4 is 4.74 Å². The molecule has 2 aromatic rings. The average Bonchev–Trinajstić information content (AvgIpc) is 2.68. The van der Waals surface area contributed by atoms with Gasteiger partial charge in [0.25, 0.3) is 0 Å². The SMILES string of the molecule is CS(=O)(=O)N1CCN(C(=O)CCc2cccc(Oc3ccc(F)cc3)c2)CC1. The number of ether oxygens (including phenoxy) is 1. The zero-order chi connectivity index (χ0) is 20.1. The van der Waals surface area contributed by atoms with Crippen LogP contribution in [0.3, 0.4) is 0 Å². The summed E-state index contributed by atoms with van der Waals surface area (Å²) in [4.78, 5) is 14.1. The molecule has 0 aliphatic carbocycles. The first-order valence-electron chi connectivity index (χ1n) is 9.06. The number of benzene rings is 2. The maximum Gasteiger partial charge on any atom is 0.222 e. The maximum absolute atomic E-state index is 13.0. The molecule has 3 rings (SSSR count). The van der Waals surface area contributed by atoms with E-state index < -0.39 is 10.0 Å². The van der Waals surface area contributed by atoms with Crippen molar-refractivity contribution in [2.45, 2.75) is 12.8 Å². The predicted octanol–water partition coefficient (Wildman–Crippen LogP) is 2.65. The molecular weight excluding hydrogens is 383 g/mol. The molecule has 1 heterocycles. The van der Waals surface area contributed by atoms with Crippen LogP contribution in [0, 0.1) is 5.82 Å². The monoisotopic (exact) mass is 406 g/mol. The van der Waals surface area contributed by atoms with Crippen LogP contribution in [0.2, 0.25) is 0 Å². The Kier molecular flexibility index (Phi) is 6.31. The standard InChI is InChI=1S/C20H23FN2O4S/c1-28(25,26)23-13-11-22(12-14-23)20(24)10-5-16-3-2-4-19(15-16)27-18-8-6-17(21)7-9-18/h2-4,6-9,15H,5,10-14H2,1H3. The third-order valence-electron chi connectivity index (χ3n) is 4.64. The number of amides is 1. The first-order chi connectivity index (χ1) is 13.3. The number of sulfonamides is 1. The van der Waals surface area contributed by atoms with Crippen LogP contribution in [0.15, 0.2) is 48.5 Å². The summed E-state index contributed by atoms with van der Waals surface area (Å²) in [5.41, 5.74) is 0.961. The molecule has 1 fully saturated rings. The summed E-state index contributed by atoms with van der Waals surface area (Å²) >= 11 is 0. The van der Waals surface area contributed by atoms with E-state index in [0.717, 1.165) is 5.56 Å². The Morgan fingerprint density at radius 3 is 2.36 bits per heavy atom. The molecule has 0 aromatic heterocycles. The first-order valence-corrected chi connectivity index (χ1v) is 10.9. The summed E-state index contributed by atoms with van der Waals surface area (Å²) in [5.74, 6) is 0.853. The number of hydrogen-bond acceptors (Lipinski definition) is 4. The second-order valence-electron chi connectivity index (χ2n) is 6.75. The van der Waals surface area contributed by atoms with Gasteiger partial charge < -0.3 is 9.64 Å². The Morgan fingerprint density at radius 2 is 1.71 bits per heavy atom. The quantitative estimate of drug-likeness (QED) is 0.740. The minimum absolute atomic E-state index is 0.0120. The predicted molar refractivity (Wildman–Crippen MR) is 104 cm³/mol. The van der Waals surface area contributed by atoms with Crippen molar-refractivity contribution < 1.29 is 22.3 Å². The van der Waals surface area contributed by atoms with E-state index in [1.807, 2.05) is 18.2 Å². The molecule has 1 saturated heterocycles. The number of halogens is 1. The lowest BCUT2D eigenvalue weighted by Crippen LogP contribution is -2.50. The third-order valence-corrected chi connectivity index (χ3v) is 5.94. The van der Waals surface area contributed by atoms with E-state index in [4.69, 9.17) is 4.74 Å². The smallest absolute Gasteiger partial charge is 0.222 e. The molecule has 0 bridgehead atoms. The fourth-order valence-corrected chi connectivity index (χ4v) is 3.91. The number of hydrogen-bond donors (Lipinski definition) is 0. The summed E-state index contributed by atoms with van der Waals surface area (Å²) in [5, 5.41) is 0. The Balaban J connectivity index is 1.52. The van der Waals surface area contributed by atoms with E-state index in [-0.39, 0.29) is 11.7 Å². The van der Waals surface area contributed by atoms with Gasteiger partial charge in [-0.3, -0.25) is 4.79 Å². The molecule has 0 radical (unpaired) electrons. The van der Waals surface area contributed by atoms with Gasteiger partial charge in [-0.15, -0.1) is 0 Å². The fraction of sp³-hybridized carbons (Fsp3) is 0.350. The topological polar surface area (TPSA) is 66.9 Å². The minimum atomic E-state index is -3.20. The lowest BCUT2D eigenvalue weighted by molar-refractivity contribution is -0.132. The number of nitrogens with zero attached hydrogens (tertiary/aromatic N) is 2. The number of rotatable bonds is 6. The number of carbonyl (C=O) groups excluding carboxylic acids is 1. The van der Waals surface area contributed by atoms with E-state index >= 15 is 0 Å². The fourth-order valence-electron chi connectivity index (χ4n) is 3.08. The van der Waals surface area contributed by atoms with Crippen molar-refractivity contribution >= 4 is 15.9 Å². The first kappa shape index (κ1) is 20.3. The highest BCUT2D eigenvalue weighted by Crippen LogP contribution is 2.23. The molecule has 1 aliphatic heterocycles. The molecule has 1 aliphatic rings. The summed E-state index contributed by atoms with van der Waals surface area (Å²) in [6.07, 6.45) is 2.09. The average molecular weight is 406 g/mol. The summed E-state index contributed by atoms with van der Waals surface area (Å²) < 4.78 is 43.2. The van der Waals surface area contributed by atoms with Crippen molar-refractivity contribution in [2.24, 2.45) is 0 Å². The molecule has 2 aromatic carbocycles. The van der Waals surface area contributed by atoms with Crippen molar-refractivity contribution in [2.75, 3.05) is 32.4 Å². The third kappa shape index (κ3) is 5.53. The summed E-state index contributed by atoms with van der Waals surface area (Å²) in [6, 6.07) is 13.2. The number of aryl methyl sites for hydroxylation is 1. The second-order valence-corrected chi connectivity index (χ2v) is 8.73. The number of piperazine rings is 1. The van der Waals surface area contributed by atoms with Crippen LogP contribution in [0.4, 0.5) is 4.39 Å². The van der Waals surface area contributed by atoms with Gasteiger partial charge in [-0.1, -0.05) is 12.1 Å². The molecule has 0 saturated carbocycles. The van der Waals surface area contributed by atoms with Gasteiger partial charge in [0.2, 0.25) is 15.9 Å². The van der Waals surface area contributed by atoms with Crippen LogP contribution in [0.1, 0.15) is 12.0 Å². The van der Waals surface area contributed by atoms with Crippen LogP contribution in [-0.4, -0.2) is 56.0 Å². The Morgan fingerprint density at radius 1 is 1.04 bits per heavy atom. The molecular formula is C20H23FN2O4S. The van der Waals surface area contributed by atoms with E-state index in [0.29, 0.717) is 50.5 Å². The van der Waals surface area contributed by atoms with Crippen molar-refractivity contribution in [3.05, 3.63) is 59.9 Å². The molecule has 28 heavy (non-hydrogen) atoms.